The fourth-order valence-corrected chi connectivity index (χ4v) is 2.39. The van der Waals surface area contributed by atoms with Gasteiger partial charge in [0, 0.05) is 5.56 Å². The Morgan fingerprint density at radius 1 is 0.846 bits per heavy atom. The van der Waals surface area contributed by atoms with Crippen LogP contribution in [0.5, 0.6) is 0 Å². The predicted octanol–water partition coefficient (Wildman–Crippen LogP) is 3.64. The Kier molecular flexibility index (Phi) is 6.11. The number of ether oxygens (including phenoxy) is 2. The highest BCUT2D eigenvalue weighted by molar-refractivity contribution is 6.09. The van der Waals surface area contributed by atoms with Crippen LogP contribution in [0, 0.1) is 0 Å². The van der Waals surface area contributed by atoms with Gasteiger partial charge in [-0.15, -0.1) is 0 Å². The van der Waals surface area contributed by atoms with E-state index in [0.29, 0.717) is 11.5 Å². The van der Waals surface area contributed by atoms with Crippen molar-refractivity contribution in [3.8, 4) is 0 Å². The normalized spacial score (nSPS) is 10.3. The molecule has 2 aromatic carbocycles. The fourth-order valence-electron chi connectivity index (χ4n) is 2.39. The first kappa shape index (κ1) is 19.2. The molecular formula is C20H21NO5. The minimum Gasteiger partial charge on any atom is -0.465 e. The van der Waals surface area contributed by atoms with Crippen molar-refractivity contribution < 1.29 is 23.9 Å². The van der Waals surface area contributed by atoms with Crippen LogP contribution < -0.4 is 5.32 Å². The summed E-state index contributed by atoms with van der Waals surface area (Å²) in [5.74, 6) is -1.23. The quantitative estimate of drug-likeness (QED) is 0.828. The number of hydrogen-bond donors (Lipinski definition) is 1. The van der Waals surface area contributed by atoms with E-state index < -0.39 is 17.8 Å². The molecule has 0 heterocycles. The maximum absolute atomic E-state index is 12.5. The summed E-state index contributed by atoms with van der Waals surface area (Å²) in [6.45, 7) is 4.13. The molecule has 2 aromatic rings. The molecular weight excluding hydrogens is 334 g/mol. The largest absolute Gasteiger partial charge is 0.465 e. The molecule has 136 valence electrons. The third-order valence-electron chi connectivity index (χ3n) is 3.93. The van der Waals surface area contributed by atoms with Gasteiger partial charge in [0.2, 0.25) is 0 Å². The highest BCUT2D eigenvalue weighted by Gasteiger charge is 2.18. The van der Waals surface area contributed by atoms with Gasteiger partial charge in [0.25, 0.3) is 5.91 Å². The van der Waals surface area contributed by atoms with Crippen LogP contribution in [0.4, 0.5) is 5.69 Å². The van der Waals surface area contributed by atoms with Crippen LogP contribution in [-0.2, 0) is 9.47 Å². The van der Waals surface area contributed by atoms with Crippen molar-refractivity contribution in [2.75, 3.05) is 19.5 Å². The van der Waals surface area contributed by atoms with Gasteiger partial charge in [-0.05, 0) is 41.8 Å². The average Bonchev–Trinajstić information content (AvgIpc) is 2.66. The number of carbonyl (C=O) groups is 3. The standard InChI is InChI=1S/C20H21NO5/c1-12(2)13-5-7-14(8-6-13)18(22)21-17-11-15(19(23)25-3)9-10-16(17)20(24)26-4/h5-12H,1-4H3,(H,21,22). The lowest BCUT2D eigenvalue weighted by Gasteiger charge is -2.12. The minimum atomic E-state index is -0.619. The monoisotopic (exact) mass is 355 g/mol. The van der Waals surface area contributed by atoms with Gasteiger partial charge in [-0.3, -0.25) is 4.79 Å². The number of anilines is 1. The smallest absolute Gasteiger partial charge is 0.339 e. The van der Waals surface area contributed by atoms with Gasteiger partial charge in [-0.2, -0.15) is 0 Å². The first-order valence-corrected chi connectivity index (χ1v) is 8.09. The van der Waals surface area contributed by atoms with Crippen LogP contribution in [0.2, 0.25) is 0 Å². The molecule has 0 fully saturated rings. The van der Waals surface area contributed by atoms with Crippen LogP contribution in [0.3, 0.4) is 0 Å². The maximum atomic E-state index is 12.5. The zero-order valence-corrected chi connectivity index (χ0v) is 15.2. The topological polar surface area (TPSA) is 81.7 Å². The van der Waals surface area contributed by atoms with E-state index in [0.717, 1.165) is 5.56 Å². The van der Waals surface area contributed by atoms with Gasteiger partial charge in [0.1, 0.15) is 0 Å². The van der Waals surface area contributed by atoms with Crippen molar-refractivity contribution in [1.29, 1.82) is 0 Å². The molecule has 0 aliphatic heterocycles. The number of rotatable bonds is 5. The molecule has 0 saturated carbocycles. The number of esters is 2. The first-order valence-electron chi connectivity index (χ1n) is 8.09. The molecule has 0 spiro atoms. The lowest BCUT2D eigenvalue weighted by Crippen LogP contribution is -2.16. The van der Waals surface area contributed by atoms with Gasteiger partial charge >= 0.3 is 11.9 Å². The Morgan fingerprint density at radius 3 is 1.96 bits per heavy atom. The molecule has 0 aliphatic rings. The summed E-state index contributed by atoms with van der Waals surface area (Å²) in [6, 6.07) is 11.4. The zero-order valence-electron chi connectivity index (χ0n) is 15.2. The number of hydrogen-bond acceptors (Lipinski definition) is 5. The number of methoxy groups -OCH3 is 2. The fraction of sp³-hybridized carbons (Fsp3) is 0.250. The molecule has 6 nitrogen and oxygen atoms in total. The summed E-state index contributed by atoms with van der Waals surface area (Å²) < 4.78 is 9.40. The summed E-state index contributed by atoms with van der Waals surface area (Å²) in [7, 11) is 2.50. The van der Waals surface area contributed by atoms with E-state index in [1.54, 1.807) is 12.1 Å². The average molecular weight is 355 g/mol. The molecule has 0 unspecified atom stereocenters. The number of carbonyl (C=O) groups excluding carboxylic acids is 3. The van der Waals surface area contributed by atoms with E-state index in [1.807, 2.05) is 12.1 Å². The van der Waals surface area contributed by atoms with Crippen LogP contribution in [0.15, 0.2) is 42.5 Å². The summed E-state index contributed by atoms with van der Waals surface area (Å²) in [5, 5.41) is 2.66. The van der Waals surface area contributed by atoms with E-state index >= 15 is 0 Å². The number of amides is 1. The van der Waals surface area contributed by atoms with Crippen molar-refractivity contribution in [2.24, 2.45) is 0 Å². The Morgan fingerprint density at radius 2 is 1.42 bits per heavy atom. The Balaban J connectivity index is 2.34. The molecule has 2 rings (SSSR count). The third-order valence-corrected chi connectivity index (χ3v) is 3.93. The lowest BCUT2D eigenvalue weighted by molar-refractivity contribution is 0.0587. The molecule has 26 heavy (non-hydrogen) atoms. The first-order chi connectivity index (χ1) is 12.4. The van der Waals surface area contributed by atoms with Gasteiger partial charge in [-0.25, -0.2) is 9.59 Å². The highest BCUT2D eigenvalue weighted by Crippen LogP contribution is 2.21. The van der Waals surface area contributed by atoms with Crippen molar-refractivity contribution in [2.45, 2.75) is 19.8 Å². The van der Waals surface area contributed by atoms with E-state index in [9.17, 15) is 14.4 Å². The zero-order chi connectivity index (χ0) is 19.3. The van der Waals surface area contributed by atoms with Crippen molar-refractivity contribution in [3.63, 3.8) is 0 Å². The molecule has 0 bridgehead atoms. The lowest BCUT2D eigenvalue weighted by atomic mass is 10.0. The molecule has 1 N–H and O–H groups in total. The van der Waals surface area contributed by atoms with Gasteiger partial charge in [0.15, 0.2) is 0 Å². The number of benzene rings is 2. The van der Waals surface area contributed by atoms with Crippen LogP contribution in [0.25, 0.3) is 0 Å². The summed E-state index contributed by atoms with van der Waals surface area (Å²) in [4.78, 5) is 36.2. The van der Waals surface area contributed by atoms with E-state index in [-0.39, 0.29) is 16.8 Å². The molecule has 0 atom stereocenters. The van der Waals surface area contributed by atoms with Crippen molar-refractivity contribution in [1.82, 2.24) is 0 Å². The summed E-state index contributed by atoms with van der Waals surface area (Å²) in [5.41, 5.74) is 2.09. The molecule has 6 heteroatoms. The molecule has 0 aromatic heterocycles. The summed E-state index contributed by atoms with van der Waals surface area (Å²) in [6.07, 6.45) is 0. The Labute approximate surface area is 152 Å². The van der Waals surface area contributed by atoms with Crippen molar-refractivity contribution >= 4 is 23.5 Å². The number of nitrogens with one attached hydrogen (secondary N) is 1. The van der Waals surface area contributed by atoms with E-state index in [4.69, 9.17) is 4.74 Å². The second kappa shape index (κ2) is 8.29. The maximum Gasteiger partial charge on any atom is 0.339 e. The second-order valence-corrected chi connectivity index (χ2v) is 5.97. The van der Waals surface area contributed by atoms with Gasteiger partial charge in [0.05, 0.1) is 31.0 Å². The minimum absolute atomic E-state index is 0.146. The molecule has 1 amide bonds. The predicted molar refractivity (Wildman–Crippen MR) is 97.6 cm³/mol. The van der Waals surface area contributed by atoms with Gasteiger partial charge < -0.3 is 14.8 Å². The SMILES string of the molecule is COC(=O)c1ccc(C(=O)OC)c(NC(=O)c2ccc(C(C)C)cc2)c1. The van der Waals surface area contributed by atoms with E-state index in [2.05, 4.69) is 23.9 Å². The second-order valence-electron chi connectivity index (χ2n) is 5.97. The summed E-state index contributed by atoms with van der Waals surface area (Å²) >= 11 is 0. The molecule has 0 radical (unpaired) electrons. The van der Waals surface area contributed by atoms with Gasteiger partial charge in [-0.1, -0.05) is 26.0 Å². The van der Waals surface area contributed by atoms with E-state index in [1.165, 1.54) is 32.4 Å². The molecule has 0 aliphatic carbocycles. The Bertz CT molecular complexity index is 825. The van der Waals surface area contributed by atoms with Crippen LogP contribution in [-0.4, -0.2) is 32.1 Å². The highest BCUT2D eigenvalue weighted by atomic mass is 16.5. The van der Waals surface area contributed by atoms with Crippen molar-refractivity contribution in [3.05, 3.63) is 64.7 Å². The molecule has 0 saturated heterocycles. The third kappa shape index (κ3) is 4.27. The Hall–Kier alpha value is -3.15. The van der Waals surface area contributed by atoms with Crippen LogP contribution >= 0.6 is 0 Å². The van der Waals surface area contributed by atoms with Crippen LogP contribution in [0.1, 0.15) is 56.4 Å².